The van der Waals surface area contributed by atoms with Crippen LogP contribution in [0.1, 0.15) is 43.3 Å². The molecule has 2 heterocycles. The minimum Gasteiger partial charge on any atom is -0.400 e. The van der Waals surface area contributed by atoms with Gasteiger partial charge in [-0.25, -0.2) is 4.98 Å². The van der Waals surface area contributed by atoms with Crippen LogP contribution in [-0.2, 0) is 9.31 Å². The van der Waals surface area contributed by atoms with E-state index in [4.69, 9.17) is 9.31 Å². The van der Waals surface area contributed by atoms with Crippen molar-refractivity contribution in [2.24, 2.45) is 0 Å². The highest BCUT2D eigenvalue weighted by Crippen LogP contribution is 2.39. The quantitative estimate of drug-likeness (QED) is 0.871. The van der Waals surface area contributed by atoms with Crippen LogP contribution < -0.4 is 0 Å². The SMILES string of the molecule is Cc1nc(C)c(C=C(CO)B2OC(C)(C)C(C)(C)O2)s1. The molecular formula is C14H22BNO3S. The van der Waals surface area contributed by atoms with Crippen LogP contribution in [0.3, 0.4) is 0 Å². The first kappa shape index (κ1) is 15.7. The highest BCUT2D eigenvalue weighted by Gasteiger charge is 2.52. The maximum absolute atomic E-state index is 9.64. The second kappa shape index (κ2) is 5.26. The molecule has 0 saturated carbocycles. The van der Waals surface area contributed by atoms with Crippen molar-refractivity contribution in [3.8, 4) is 0 Å². The maximum atomic E-state index is 9.64. The van der Waals surface area contributed by atoms with E-state index in [1.54, 1.807) is 11.3 Å². The molecular weight excluding hydrogens is 273 g/mol. The number of nitrogens with zero attached hydrogens (tertiary/aromatic N) is 1. The molecule has 1 saturated heterocycles. The Balaban J connectivity index is 2.29. The van der Waals surface area contributed by atoms with E-state index in [1.807, 2.05) is 47.6 Å². The van der Waals surface area contributed by atoms with Crippen molar-refractivity contribution < 1.29 is 14.4 Å². The number of rotatable bonds is 3. The average molecular weight is 295 g/mol. The highest BCUT2D eigenvalue weighted by atomic mass is 32.1. The molecule has 0 aliphatic carbocycles. The van der Waals surface area contributed by atoms with Crippen LogP contribution in [0, 0.1) is 13.8 Å². The smallest absolute Gasteiger partial charge is 0.400 e. The number of aliphatic hydroxyl groups is 1. The topological polar surface area (TPSA) is 51.6 Å². The first-order valence-electron chi connectivity index (χ1n) is 6.77. The van der Waals surface area contributed by atoms with E-state index >= 15 is 0 Å². The molecule has 0 unspecified atom stereocenters. The van der Waals surface area contributed by atoms with E-state index in [9.17, 15) is 5.11 Å². The molecule has 0 amide bonds. The molecule has 1 aromatic rings. The third kappa shape index (κ3) is 2.84. The predicted molar refractivity (Wildman–Crippen MR) is 82.7 cm³/mol. The third-order valence-electron chi connectivity index (χ3n) is 3.99. The van der Waals surface area contributed by atoms with Gasteiger partial charge in [-0.05, 0) is 53.1 Å². The van der Waals surface area contributed by atoms with Crippen LogP contribution in [-0.4, -0.2) is 35.0 Å². The lowest BCUT2D eigenvalue weighted by atomic mass is 9.78. The summed E-state index contributed by atoms with van der Waals surface area (Å²) >= 11 is 1.61. The third-order valence-corrected chi connectivity index (χ3v) is 5.01. The van der Waals surface area contributed by atoms with Gasteiger partial charge in [-0.1, -0.05) is 0 Å². The van der Waals surface area contributed by atoms with Gasteiger partial charge in [0.2, 0.25) is 0 Å². The Morgan fingerprint density at radius 3 is 2.20 bits per heavy atom. The molecule has 1 aliphatic heterocycles. The molecule has 20 heavy (non-hydrogen) atoms. The lowest BCUT2D eigenvalue weighted by Gasteiger charge is -2.32. The number of aliphatic hydroxyl groups excluding tert-OH is 1. The van der Waals surface area contributed by atoms with Gasteiger partial charge >= 0.3 is 7.12 Å². The van der Waals surface area contributed by atoms with Crippen LogP contribution in [0.5, 0.6) is 0 Å². The van der Waals surface area contributed by atoms with Crippen molar-refractivity contribution in [3.05, 3.63) is 21.1 Å². The summed E-state index contributed by atoms with van der Waals surface area (Å²) in [6.45, 7) is 11.9. The fourth-order valence-corrected chi connectivity index (χ4v) is 2.94. The largest absolute Gasteiger partial charge is 0.492 e. The molecule has 0 bridgehead atoms. The number of hydrogen-bond acceptors (Lipinski definition) is 5. The molecule has 2 rings (SSSR count). The Morgan fingerprint density at radius 2 is 1.80 bits per heavy atom. The molecule has 0 aromatic carbocycles. The Morgan fingerprint density at radius 1 is 1.25 bits per heavy atom. The first-order chi connectivity index (χ1) is 9.16. The molecule has 0 radical (unpaired) electrons. The van der Waals surface area contributed by atoms with E-state index in [0.717, 1.165) is 21.1 Å². The van der Waals surface area contributed by atoms with E-state index in [2.05, 4.69) is 4.98 Å². The van der Waals surface area contributed by atoms with Crippen molar-refractivity contribution in [1.29, 1.82) is 0 Å². The van der Waals surface area contributed by atoms with Crippen LogP contribution in [0.25, 0.3) is 6.08 Å². The second-order valence-electron chi connectivity index (χ2n) is 6.15. The van der Waals surface area contributed by atoms with Gasteiger partial charge < -0.3 is 14.4 Å². The number of hydrogen-bond donors (Lipinski definition) is 1. The summed E-state index contributed by atoms with van der Waals surface area (Å²) in [6.07, 6.45) is 1.93. The summed E-state index contributed by atoms with van der Waals surface area (Å²) in [5, 5.41) is 10.7. The Kier molecular flexibility index (Phi) is 4.13. The monoisotopic (exact) mass is 295 g/mol. The van der Waals surface area contributed by atoms with Gasteiger partial charge in [0, 0.05) is 4.88 Å². The zero-order chi connectivity index (χ0) is 15.1. The molecule has 110 valence electrons. The van der Waals surface area contributed by atoms with Gasteiger partial charge in [0.1, 0.15) is 0 Å². The van der Waals surface area contributed by atoms with E-state index in [-0.39, 0.29) is 6.61 Å². The highest BCUT2D eigenvalue weighted by molar-refractivity contribution is 7.12. The molecule has 1 N–H and O–H groups in total. The number of thiazole rings is 1. The Labute approximate surface area is 125 Å². The lowest BCUT2D eigenvalue weighted by molar-refractivity contribution is 0.00578. The van der Waals surface area contributed by atoms with Crippen LogP contribution in [0.4, 0.5) is 0 Å². The first-order valence-corrected chi connectivity index (χ1v) is 7.59. The normalized spacial score (nSPS) is 21.6. The Bertz CT molecular complexity index is 521. The fraction of sp³-hybridized carbons (Fsp3) is 0.643. The van der Waals surface area contributed by atoms with Crippen LogP contribution in [0.2, 0.25) is 0 Å². The average Bonchev–Trinajstić information content (AvgIpc) is 2.72. The van der Waals surface area contributed by atoms with Gasteiger partial charge in [-0.15, -0.1) is 11.3 Å². The lowest BCUT2D eigenvalue weighted by Crippen LogP contribution is -2.41. The molecule has 0 spiro atoms. The number of aryl methyl sites for hydroxylation is 2. The Hall–Kier alpha value is -0.685. The van der Waals surface area contributed by atoms with Gasteiger partial charge in [0.25, 0.3) is 0 Å². The second-order valence-corrected chi connectivity index (χ2v) is 7.38. The summed E-state index contributed by atoms with van der Waals surface area (Å²) in [4.78, 5) is 5.44. The molecule has 1 fully saturated rings. The zero-order valence-corrected chi connectivity index (χ0v) is 13.8. The van der Waals surface area contributed by atoms with Crippen molar-refractivity contribution in [2.75, 3.05) is 6.61 Å². The van der Waals surface area contributed by atoms with Crippen molar-refractivity contribution in [2.45, 2.75) is 52.7 Å². The van der Waals surface area contributed by atoms with Gasteiger partial charge in [0.05, 0.1) is 28.5 Å². The summed E-state index contributed by atoms with van der Waals surface area (Å²) in [5.41, 5.74) is 0.903. The van der Waals surface area contributed by atoms with Crippen LogP contribution >= 0.6 is 11.3 Å². The minimum absolute atomic E-state index is 0.0901. The van der Waals surface area contributed by atoms with Gasteiger partial charge in [0.15, 0.2) is 0 Å². The standard InChI is InChI=1S/C14H22BNO3S/c1-9-12(20-10(2)16-9)7-11(8-17)15-18-13(3,4)14(5,6)19-15/h7,17H,8H2,1-6H3. The molecule has 1 aliphatic rings. The van der Waals surface area contributed by atoms with Crippen molar-refractivity contribution >= 4 is 24.5 Å². The summed E-state index contributed by atoms with van der Waals surface area (Å²) in [7, 11) is -0.508. The van der Waals surface area contributed by atoms with Crippen molar-refractivity contribution in [3.63, 3.8) is 0 Å². The maximum Gasteiger partial charge on any atom is 0.492 e. The van der Waals surface area contributed by atoms with Gasteiger partial charge in [-0.2, -0.15) is 0 Å². The number of aromatic nitrogens is 1. The minimum atomic E-state index is -0.508. The summed E-state index contributed by atoms with van der Waals surface area (Å²) in [5.74, 6) is 0. The summed E-state index contributed by atoms with van der Waals surface area (Å²) in [6, 6.07) is 0. The van der Waals surface area contributed by atoms with E-state index in [0.29, 0.717) is 0 Å². The van der Waals surface area contributed by atoms with Crippen molar-refractivity contribution in [1.82, 2.24) is 4.98 Å². The molecule has 1 aromatic heterocycles. The predicted octanol–water partition coefficient (Wildman–Crippen LogP) is 2.77. The van der Waals surface area contributed by atoms with Crippen LogP contribution in [0.15, 0.2) is 5.47 Å². The fourth-order valence-electron chi connectivity index (χ4n) is 2.03. The zero-order valence-electron chi connectivity index (χ0n) is 13.0. The summed E-state index contributed by atoms with van der Waals surface area (Å²) < 4.78 is 11.9. The van der Waals surface area contributed by atoms with Gasteiger partial charge in [-0.3, -0.25) is 0 Å². The van der Waals surface area contributed by atoms with E-state index < -0.39 is 18.3 Å². The molecule has 6 heteroatoms. The molecule has 0 atom stereocenters. The molecule has 4 nitrogen and oxygen atoms in total. The van der Waals surface area contributed by atoms with E-state index in [1.165, 1.54) is 0 Å².